The Labute approximate surface area is 168 Å². The van der Waals surface area contributed by atoms with E-state index in [1.807, 2.05) is 12.1 Å². The van der Waals surface area contributed by atoms with Gasteiger partial charge in [-0.1, -0.05) is 57.2 Å². The second kappa shape index (κ2) is 8.74. The van der Waals surface area contributed by atoms with E-state index in [9.17, 15) is 8.42 Å². The summed E-state index contributed by atoms with van der Waals surface area (Å²) in [6.07, 6.45) is 0. The van der Waals surface area contributed by atoms with Crippen molar-refractivity contribution in [3.8, 4) is 0 Å². The summed E-state index contributed by atoms with van der Waals surface area (Å²) in [5, 5.41) is 3.42. The highest BCUT2D eigenvalue weighted by Gasteiger charge is 2.26. The average Bonchev–Trinajstić information content (AvgIpc) is 2.69. The van der Waals surface area contributed by atoms with Crippen molar-refractivity contribution in [3.63, 3.8) is 0 Å². The van der Waals surface area contributed by atoms with E-state index in [0.717, 1.165) is 12.1 Å². The lowest BCUT2D eigenvalue weighted by Crippen LogP contribution is -2.40. The van der Waals surface area contributed by atoms with Gasteiger partial charge in [-0.25, -0.2) is 8.42 Å². The molecule has 0 saturated carbocycles. The predicted octanol–water partition coefficient (Wildman–Crippen LogP) is 3.29. The summed E-state index contributed by atoms with van der Waals surface area (Å²) >= 11 is 0. The molecule has 1 heterocycles. The summed E-state index contributed by atoms with van der Waals surface area (Å²) in [5.41, 5.74) is 3.79. The highest BCUT2D eigenvalue weighted by Crippen LogP contribution is 2.22. The van der Waals surface area contributed by atoms with Crippen LogP contribution in [0, 0.1) is 0 Å². The van der Waals surface area contributed by atoms with Crippen molar-refractivity contribution in [2.45, 2.75) is 44.2 Å². The lowest BCUT2D eigenvalue weighted by Gasteiger charge is -2.26. The van der Waals surface area contributed by atoms with Gasteiger partial charge in [-0.3, -0.25) is 0 Å². The zero-order chi connectivity index (χ0) is 20.2. The molecule has 1 saturated heterocycles. The Morgan fingerprint density at radius 1 is 0.893 bits per heavy atom. The van der Waals surface area contributed by atoms with Crippen LogP contribution in [0.4, 0.5) is 0 Å². The fourth-order valence-corrected chi connectivity index (χ4v) is 4.60. The van der Waals surface area contributed by atoms with Crippen molar-refractivity contribution < 1.29 is 13.2 Å². The zero-order valence-electron chi connectivity index (χ0n) is 16.9. The Bertz CT molecular complexity index is 863. The third kappa shape index (κ3) is 5.20. The third-order valence-electron chi connectivity index (χ3n) is 5.01. The van der Waals surface area contributed by atoms with E-state index in [0.29, 0.717) is 37.7 Å². The summed E-state index contributed by atoms with van der Waals surface area (Å²) < 4.78 is 32.0. The van der Waals surface area contributed by atoms with Crippen molar-refractivity contribution in [1.82, 2.24) is 9.62 Å². The zero-order valence-corrected chi connectivity index (χ0v) is 17.8. The molecule has 1 aliphatic heterocycles. The summed E-state index contributed by atoms with van der Waals surface area (Å²) in [6.45, 7) is 9.85. The van der Waals surface area contributed by atoms with Gasteiger partial charge in [0.1, 0.15) is 0 Å². The molecule has 0 atom stereocenters. The van der Waals surface area contributed by atoms with Gasteiger partial charge in [0.25, 0.3) is 0 Å². The maximum absolute atomic E-state index is 12.7. The summed E-state index contributed by atoms with van der Waals surface area (Å²) in [6, 6.07) is 15.8. The summed E-state index contributed by atoms with van der Waals surface area (Å²) in [5.74, 6) is 0. The minimum absolute atomic E-state index is 0.162. The van der Waals surface area contributed by atoms with Crippen molar-refractivity contribution in [2.24, 2.45) is 0 Å². The first-order chi connectivity index (χ1) is 13.3. The number of rotatable bonds is 6. The molecule has 6 heteroatoms. The molecule has 0 unspecified atom stereocenters. The molecule has 0 aromatic heterocycles. The van der Waals surface area contributed by atoms with E-state index in [-0.39, 0.29) is 5.41 Å². The quantitative estimate of drug-likeness (QED) is 0.806. The molecule has 2 aromatic rings. The molecular formula is C22H30N2O3S. The Morgan fingerprint density at radius 2 is 1.39 bits per heavy atom. The summed E-state index contributed by atoms with van der Waals surface area (Å²) in [7, 11) is -3.43. The monoisotopic (exact) mass is 402 g/mol. The molecule has 0 amide bonds. The molecule has 2 aromatic carbocycles. The first kappa shape index (κ1) is 21.0. The fraction of sp³-hybridized carbons (Fsp3) is 0.455. The van der Waals surface area contributed by atoms with Crippen LogP contribution in [0.1, 0.15) is 37.5 Å². The van der Waals surface area contributed by atoms with Crippen LogP contribution in [-0.2, 0) is 33.3 Å². The first-order valence-corrected chi connectivity index (χ1v) is 11.2. The lowest BCUT2D eigenvalue weighted by molar-refractivity contribution is 0.0730. The highest BCUT2D eigenvalue weighted by molar-refractivity contribution is 7.89. The molecule has 0 spiro atoms. The van der Waals surface area contributed by atoms with Gasteiger partial charge in [0, 0.05) is 26.2 Å². The van der Waals surface area contributed by atoms with Crippen LogP contribution in [0.3, 0.4) is 0 Å². The van der Waals surface area contributed by atoms with Crippen LogP contribution in [0.5, 0.6) is 0 Å². The molecule has 0 radical (unpaired) electrons. The van der Waals surface area contributed by atoms with E-state index < -0.39 is 10.0 Å². The van der Waals surface area contributed by atoms with Crippen LogP contribution in [-0.4, -0.2) is 39.0 Å². The molecule has 0 aliphatic carbocycles. The van der Waals surface area contributed by atoms with E-state index in [4.69, 9.17) is 4.74 Å². The molecule has 28 heavy (non-hydrogen) atoms. The average molecular weight is 403 g/mol. The maximum atomic E-state index is 12.7. The van der Waals surface area contributed by atoms with E-state index in [1.165, 1.54) is 15.4 Å². The molecule has 1 aliphatic rings. The molecule has 1 fully saturated rings. The van der Waals surface area contributed by atoms with Crippen molar-refractivity contribution in [1.29, 1.82) is 0 Å². The van der Waals surface area contributed by atoms with E-state index in [1.54, 1.807) is 12.1 Å². The van der Waals surface area contributed by atoms with Gasteiger partial charge in [-0.15, -0.1) is 0 Å². The van der Waals surface area contributed by atoms with Crippen LogP contribution >= 0.6 is 0 Å². The SMILES string of the molecule is CC(C)(C)c1ccc(CNCc2ccc(S(=O)(=O)N3CCOCC3)cc2)cc1. The Hall–Kier alpha value is -1.73. The molecule has 3 rings (SSSR count). The molecule has 152 valence electrons. The molecule has 5 nitrogen and oxygen atoms in total. The Kier molecular flexibility index (Phi) is 6.55. The van der Waals surface area contributed by atoms with Gasteiger partial charge in [-0.2, -0.15) is 4.31 Å². The van der Waals surface area contributed by atoms with Crippen LogP contribution < -0.4 is 5.32 Å². The lowest BCUT2D eigenvalue weighted by atomic mass is 9.87. The van der Waals surface area contributed by atoms with E-state index in [2.05, 4.69) is 50.4 Å². The smallest absolute Gasteiger partial charge is 0.243 e. The van der Waals surface area contributed by atoms with Crippen molar-refractivity contribution in [3.05, 3.63) is 65.2 Å². The minimum Gasteiger partial charge on any atom is -0.379 e. The second-order valence-corrected chi connectivity index (χ2v) is 10.1. The first-order valence-electron chi connectivity index (χ1n) is 9.74. The predicted molar refractivity (Wildman–Crippen MR) is 112 cm³/mol. The normalized spacial score (nSPS) is 16.2. The maximum Gasteiger partial charge on any atom is 0.243 e. The van der Waals surface area contributed by atoms with Gasteiger partial charge in [-0.05, 0) is 34.2 Å². The Balaban J connectivity index is 1.54. The number of ether oxygens (including phenoxy) is 1. The summed E-state index contributed by atoms with van der Waals surface area (Å²) in [4.78, 5) is 0.343. The topological polar surface area (TPSA) is 58.6 Å². The molecule has 1 N–H and O–H groups in total. The van der Waals surface area contributed by atoms with Crippen LogP contribution in [0.2, 0.25) is 0 Å². The van der Waals surface area contributed by atoms with Crippen molar-refractivity contribution in [2.75, 3.05) is 26.3 Å². The standard InChI is InChI=1S/C22H30N2O3S/c1-22(2,3)20-8-4-18(5-9-20)16-23-17-19-6-10-21(11-7-19)28(25,26)24-12-14-27-15-13-24/h4-11,23H,12-17H2,1-3H3. The van der Waals surface area contributed by atoms with Crippen molar-refractivity contribution >= 4 is 10.0 Å². The molecular weight excluding hydrogens is 372 g/mol. The number of hydrogen-bond donors (Lipinski definition) is 1. The number of hydrogen-bond acceptors (Lipinski definition) is 4. The van der Waals surface area contributed by atoms with E-state index >= 15 is 0 Å². The number of nitrogens with one attached hydrogen (secondary N) is 1. The van der Waals surface area contributed by atoms with Gasteiger partial charge < -0.3 is 10.1 Å². The van der Waals surface area contributed by atoms with Gasteiger partial charge >= 0.3 is 0 Å². The number of nitrogens with zero attached hydrogens (tertiary/aromatic N) is 1. The number of sulfonamides is 1. The minimum atomic E-state index is -3.43. The second-order valence-electron chi connectivity index (χ2n) is 8.21. The number of morpholine rings is 1. The largest absolute Gasteiger partial charge is 0.379 e. The number of benzene rings is 2. The van der Waals surface area contributed by atoms with Gasteiger partial charge in [0.15, 0.2) is 0 Å². The van der Waals surface area contributed by atoms with Gasteiger partial charge in [0.05, 0.1) is 18.1 Å². The fourth-order valence-electron chi connectivity index (χ4n) is 3.19. The van der Waals surface area contributed by atoms with Gasteiger partial charge in [0.2, 0.25) is 10.0 Å². The Morgan fingerprint density at radius 3 is 1.89 bits per heavy atom. The highest BCUT2D eigenvalue weighted by atomic mass is 32.2. The third-order valence-corrected chi connectivity index (χ3v) is 6.92. The molecule has 0 bridgehead atoms. The van der Waals surface area contributed by atoms with Crippen LogP contribution in [0.15, 0.2) is 53.4 Å². The van der Waals surface area contributed by atoms with Crippen LogP contribution in [0.25, 0.3) is 0 Å².